The van der Waals surface area contributed by atoms with E-state index in [9.17, 15) is 14.9 Å². The van der Waals surface area contributed by atoms with Crippen LogP contribution in [0.2, 0.25) is 0 Å². The van der Waals surface area contributed by atoms with E-state index >= 15 is 0 Å². The number of anilines is 1. The lowest BCUT2D eigenvalue weighted by Crippen LogP contribution is -2.32. The fraction of sp³-hybridized carbons (Fsp3) is 0.316. The number of nitrogens with one attached hydrogen (secondary N) is 1. The van der Waals surface area contributed by atoms with Gasteiger partial charge in [-0.05, 0) is 48.3 Å². The summed E-state index contributed by atoms with van der Waals surface area (Å²) in [6, 6.07) is 7.63. The minimum atomic E-state index is -0.504. The molecule has 26 heavy (non-hydrogen) atoms. The maximum absolute atomic E-state index is 12.7. The van der Waals surface area contributed by atoms with Gasteiger partial charge in [-0.15, -0.1) is 0 Å². The summed E-state index contributed by atoms with van der Waals surface area (Å²) in [5, 5.41) is 12.2. The fourth-order valence-corrected chi connectivity index (χ4v) is 3.26. The van der Waals surface area contributed by atoms with Gasteiger partial charge in [0.1, 0.15) is 18.2 Å². The first kappa shape index (κ1) is 19.9. The van der Waals surface area contributed by atoms with Gasteiger partial charge in [0.2, 0.25) is 5.91 Å². The van der Waals surface area contributed by atoms with E-state index in [0.717, 1.165) is 11.1 Å². The average Bonchev–Trinajstić information content (AvgIpc) is 2.59. The molecule has 0 aliphatic heterocycles. The lowest BCUT2D eigenvalue weighted by atomic mass is 10.1. The van der Waals surface area contributed by atoms with Crippen LogP contribution in [-0.4, -0.2) is 17.6 Å². The van der Waals surface area contributed by atoms with Gasteiger partial charge >= 0.3 is 0 Å². The van der Waals surface area contributed by atoms with Crippen molar-refractivity contribution >= 4 is 27.5 Å². The van der Waals surface area contributed by atoms with E-state index in [1.165, 1.54) is 11.7 Å². The second kappa shape index (κ2) is 8.30. The first-order valence-corrected chi connectivity index (χ1v) is 8.77. The Balaban J connectivity index is 2.37. The van der Waals surface area contributed by atoms with Gasteiger partial charge in [-0.3, -0.25) is 9.59 Å². The van der Waals surface area contributed by atoms with Crippen LogP contribution in [-0.2, 0) is 22.7 Å². The number of hydrogen-bond acceptors (Lipinski definition) is 4. The zero-order valence-electron chi connectivity index (χ0n) is 15.1. The maximum atomic E-state index is 12.7. The van der Waals surface area contributed by atoms with Crippen LogP contribution in [0, 0.1) is 32.1 Å². The molecule has 136 valence electrons. The highest BCUT2D eigenvalue weighted by atomic mass is 79.9. The number of rotatable bonds is 5. The van der Waals surface area contributed by atoms with Gasteiger partial charge < -0.3 is 14.6 Å². The Morgan fingerprint density at radius 2 is 2.04 bits per heavy atom. The average molecular weight is 418 g/mol. The van der Waals surface area contributed by atoms with Crippen LogP contribution in [0.1, 0.15) is 27.9 Å². The number of amides is 1. The van der Waals surface area contributed by atoms with Crippen LogP contribution in [0.25, 0.3) is 0 Å². The molecule has 2 rings (SSSR count). The van der Waals surface area contributed by atoms with E-state index in [2.05, 4.69) is 21.2 Å². The zero-order chi connectivity index (χ0) is 19.4. The smallest absolute Gasteiger partial charge is 0.269 e. The molecule has 6 nitrogen and oxygen atoms in total. The van der Waals surface area contributed by atoms with Gasteiger partial charge in [-0.1, -0.05) is 17.7 Å². The van der Waals surface area contributed by atoms with Crippen molar-refractivity contribution in [3.8, 4) is 6.07 Å². The molecule has 7 heteroatoms. The number of aryl methyl sites for hydroxylation is 2. The minimum Gasteiger partial charge on any atom is -0.380 e. The Morgan fingerprint density at radius 1 is 1.35 bits per heavy atom. The first-order chi connectivity index (χ1) is 12.3. The van der Waals surface area contributed by atoms with Gasteiger partial charge in [0, 0.05) is 28.5 Å². The summed E-state index contributed by atoms with van der Waals surface area (Å²) in [6.45, 7) is 5.55. The molecule has 0 aliphatic carbocycles. The number of carbonyl (C=O) groups excluding carboxylic acids is 1. The molecule has 2 aromatic rings. The topological polar surface area (TPSA) is 84.1 Å². The number of halogens is 1. The van der Waals surface area contributed by atoms with Gasteiger partial charge in [0.25, 0.3) is 5.56 Å². The molecule has 1 heterocycles. The highest BCUT2D eigenvalue weighted by molar-refractivity contribution is 9.10. The Morgan fingerprint density at radius 3 is 2.62 bits per heavy atom. The monoisotopic (exact) mass is 417 g/mol. The third-order valence-corrected chi connectivity index (χ3v) is 5.16. The number of aromatic nitrogens is 1. The Labute approximate surface area is 160 Å². The van der Waals surface area contributed by atoms with Crippen LogP contribution in [0.5, 0.6) is 0 Å². The van der Waals surface area contributed by atoms with E-state index in [1.54, 1.807) is 6.92 Å². The van der Waals surface area contributed by atoms with Crippen molar-refractivity contribution in [2.24, 2.45) is 0 Å². The molecule has 0 saturated heterocycles. The molecule has 0 bridgehead atoms. The molecule has 0 unspecified atom stereocenters. The molecule has 1 amide bonds. The summed E-state index contributed by atoms with van der Waals surface area (Å²) in [4.78, 5) is 25.1. The van der Waals surface area contributed by atoms with E-state index in [-0.39, 0.29) is 24.6 Å². The molecule has 0 fully saturated rings. The molecule has 0 aliphatic rings. The lowest BCUT2D eigenvalue weighted by Gasteiger charge is -2.16. The van der Waals surface area contributed by atoms with Gasteiger partial charge in [0.15, 0.2) is 0 Å². The second-order valence-corrected chi connectivity index (χ2v) is 6.85. The van der Waals surface area contributed by atoms with Crippen molar-refractivity contribution in [2.75, 3.05) is 12.4 Å². The quantitative estimate of drug-likeness (QED) is 0.809. The molecule has 1 N–H and O–H groups in total. The van der Waals surface area contributed by atoms with Crippen molar-refractivity contribution in [1.82, 2.24) is 4.57 Å². The predicted molar refractivity (Wildman–Crippen MR) is 103 cm³/mol. The summed E-state index contributed by atoms with van der Waals surface area (Å²) in [6.07, 6.45) is 0. The molecular weight excluding hydrogens is 398 g/mol. The van der Waals surface area contributed by atoms with Gasteiger partial charge in [-0.25, -0.2) is 0 Å². The van der Waals surface area contributed by atoms with Crippen molar-refractivity contribution in [3.05, 3.63) is 61.0 Å². The Bertz CT molecular complexity index is 958. The van der Waals surface area contributed by atoms with Crippen molar-refractivity contribution in [1.29, 1.82) is 5.26 Å². The summed E-state index contributed by atoms with van der Waals surface area (Å²) in [7, 11) is 1.49. The molecule has 0 radical (unpaired) electrons. The number of benzene rings is 1. The zero-order valence-corrected chi connectivity index (χ0v) is 16.7. The first-order valence-electron chi connectivity index (χ1n) is 7.98. The number of nitriles is 1. The number of pyridine rings is 1. The number of methoxy groups -OCH3 is 1. The molecular formula is C19H20BrN3O3. The second-order valence-electron chi connectivity index (χ2n) is 6.06. The third-order valence-electron chi connectivity index (χ3n) is 4.11. The standard InChI is InChI=1S/C19H20BrN3O3/c1-11-5-6-16(12(2)7-11)22-17(24)9-23-13(3)18(20)15(10-26-4)14(8-21)19(23)25/h5-7H,9-10H2,1-4H3,(H,22,24). The SMILES string of the molecule is COCc1c(Br)c(C)n(CC(=O)Nc2ccc(C)cc2C)c(=O)c1C#N. The Kier molecular flexibility index (Phi) is 6.35. The summed E-state index contributed by atoms with van der Waals surface area (Å²) in [5.74, 6) is -0.336. The van der Waals surface area contributed by atoms with E-state index in [4.69, 9.17) is 4.74 Å². The predicted octanol–water partition coefficient (Wildman–Crippen LogP) is 3.19. The van der Waals surface area contributed by atoms with Gasteiger partial charge in [-0.2, -0.15) is 5.26 Å². The highest BCUT2D eigenvalue weighted by Crippen LogP contribution is 2.23. The molecule has 1 aromatic carbocycles. The van der Waals surface area contributed by atoms with E-state index in [1.807, 2.05) is 38.1 Å². The number of carbonyl (C=O) groups is 1. The van der Waals surface area contributed by atoms with Crippen LogP contribution < -0.4 is 10.9 Å². The van der Waals surface area contributed by atoms with E-state index in [0.29, 0.717) is 21.4 Å². The number of nitrogens with zero attached hydrogens (tertiary/aromatic N) is 2. The highest BCUT2D eigenvalue weighted by Gasteiger charge is 2.19. The fourth-order valence-electron chi connectivity index (χ4n) is 2.74. The lowest BCUT2D eigenvalue weighted by molar-refractivity contribution is -0.116. The normalized spacial score (nSPS) is 10.5. The van der Waals surface area contributed by atoms with Crippen LogP contribution in [0.3, 0.4) is 0 Å². The number of hydrogen-bond donors (Lipinski definition) is 1. The van der Waals surface area contributed by atoms with Crippen molar-refractivity contribution in [3.63, 3.8) is 0 Å². The van der Waals surface area contributed by atoms with Crippen LogP contribution in [0.15, 0.2) is 27.5 Å². The molecule has 0 spiro atoms. The summed E-state index contributed by atoms with van der Waals surface area (Å²) < 4.78 is 6.96. The Hall–Kier alpha value is -2.43. The van der Waals surface area contributed by atoms with Crippen LogP contribution in [0.4, 0.5) is 5.69 Å². The van der Waals surface area contributed by atoms with Crippen molar-refractivity contribution in [2.45, 2.75) is 33.9 Å². The third kappa shape index (κ3) is 4.03. The van der Waals surface area contributed by atoms with Crippen LogP contribution >= 0.6 is 15.9 Å². The minimum absolute atomic E-state index is 0.0244. The molecule has 0 saturated carbocycles. The largest absolute Gasteiger partial charge is 0.380 e. The summed E-state index contributed by atoms with van der Waals surface area (Å²) in [5.41, 5.74) is 3.27. The van der Waals surface area contributed by atoms with Gasteiger partial charge in [0.05, 0.1) is 6.61 Å². The molecule has 0 atom stereocenters. The van der Waals surface area contributed by atoms with E-state index < -0.39 is 5.56 Å². The summed E-state index contributed by atoms with van der Waals surface area (Å²) >= 11 is 3.41. The van der Waals surface area contributed by atoms with Crippen molar-refractivity contribution < 1.29 is 9.53 Å². The molecule has 1 aromatic heterocycles. The maximum Gasteiger partial charge on any atom is 0.269 e. The number of ether oxygens (including phenoxy) is 1.